The largest absolute Gasteiger partial charge is 0.360 e. The first-order chi connectivity index (χ1) is 11.3. The standard InChI is InChI=1S/C18H16FN3O/c19-15-10-4-8-13-9-5-11-22(17(13)15)12-16-20-18(21-23-16)14-6-2-1-3-7-14/h1-4,6-8,10H,5,9,11-12H2. The number of rotatable bonds is 3. The number of nitrogens with zero attached hydrogens (tertiary/aromatic N) is 3. The SMILES string of the molecule is Fc1cccc2c1N(Cc1nc(-c3ccccc3)no1)CCC2. The zero-order valence-corrected chi connectivity index (χ0v) is 12.6. The second-order valence-corrected chi connectivity index (χ2v) is 5.65. The van der Waals surface area contributed by atoms with Crippen LogP contribution in [-0.2, 0) is 13.0 Å². The van der Waals surface area contributed by atoms with Gasteiger partial charge >= 0.3 is 0 Å². The minimum Gasteiger partial charge on any atom is -0.360 e. The molecule has 23 heavy (non-hydrogen) atoms. The van der Waals surface area contributed by atoms with Crippen LogP contribution in [0.25, 0.3) is 11.4 Å². The van der Waals surface area contributed by atoms with Crippen molar-refractivity contribution in [3.05, 3.63) is 65.8 Å². The van der Waals surface area contributed by atoms with E-state index in [4.69, 9.17) is 4.52 Å². The summed E-state index contributed by atoms with van der Waals surface area (Å²) < 4.78 is 19.5. The Morgan fingerprint density at radius 3 is 2.83 bits per heavy atom. The average Bonchev–Trinajstić information content (AvgIpc) is 3.05. The van der Waals surface area contributed by atoms with Crippen molar-refractivity contribution in [1.82, 2.24) is 10.1 Å². The summed E-state index contributed by atoms with van der Waals surface area (Å²) in [6, 6.07) is 14.9. The molecule has 116 valence electrons. The molecule has 1 aliphatic rings. The third kappa shape index (κ3) is 2.70. The third-order valence-corrected chi connectivity index (χ3v) is 4.09. The van der Waals surface area contributed by atoms with Crippen molar-refractivity contribution in [2.75, 3.05) is 11.4 Å². The topological polar surface area (TPSA) is 42.2 Å². The molecule has 2 heterocycles. The van der Waals surface area contributed by atoms with E-state index in [2.05, 4.69) is 10.1 Å². The van der Waals surface area contributed by atoms with Crippen molar-refractivity contribution in [2.24, 2.45) is 0 Å². The molecule has 0 atom stereocenters. The molecule has 0 unspecified atom stereocenters. The van der Waals surface area contributed by atoms with Crippen molar-refractivity contribution in [3.8, 4) is 11.4 Å². The van der Waals surface area contributed by atoms with Crippen LogP contribution in [0.15, 0.2) is 53.1 Å². The summed E-state index contributed by atoms with van der Waals surface area (Å²) in [6.07, 6.45) is 1.90. The van der Waals surface area contributed by atoms with Crippen LogP contribution in [0.5, 0.6) is 0 Å². The van der Waals surface area contributed by atoms with E-state index in [0.717, 1.165) is 30.5 Å². The summed E-state index contributed by atoms with van der Waals surface area (Å²) in [5.41, 5.74) is 2.62. The number of anilines is 1. The Morgan fingerprint density at radius 1 is 1.09 bits per heavy atom. The van der Waals surface area contributed by atoms with E-state index in [-0.39, 0.29) is 5.82 Å². The lowest BCUT2D eigenvalue weighted by Gasteiger charge is -2.30. The van der Waals surface area contributed by atoms with Crippen LogP contribution < -0.4 is 4.90 Å². The van der Waals surface area contributed by atoms with Gasteiger partial charge in [0.05, 0.1) is 12.2 Å². The lowest BCUT2D eigenvalue weighted by molar-refractivity contribution is 0.374. The molecule has 0 fully saturated rings. The van der Waals surface area contributed by atoms with Gasteiger partial charge in [-0.25, -0.2) is 4.39 Å². The molecule has 4 nitrogen and oxygen atoms in total. The molecule has 0 radical (unpaired) electrons. The Morgan fingerprint density at radius 2 is 1.96 bits per heavy atom. The van der Waals surface area contributed by atoms with Gasteiger partial charge in [-0.3, -0.25) is 0 Å². The molecular weight excluding hydrogens is 293 g/mol. The Kier molecular flexibility index (Phi) is 3.54. The highest BCUT2D eigenvalue weighted by molar-refractivity contribution is 5.57. The molecule has 2 aromatic carbocycles. The zero-order chi connectivity index (χ0) is 15.6. The smallest absolute Gasteiger partial charge is 0.246 e. The number of hydrogen-bond donors (Lipinski definition) is 0. The van der Waals surface area contributed by atoms with Crippen molar-refractivity contribution in [1.29, 1.82) is 0 Å². The molecule has 0 spiro atoms. The predicted molar refractivity (Wildman–Crippen MR) is 85.5 cm³/mol. The lowest BCUT2D eigenvalue weighted by Crippen LogP contribution is -2.29. The minimum atomic E-state index is -0.190. The van der Waals surface area contributed by atoms with Crippen molar-refractivity contribution >= 4 is 5.69 Å². The molecule has 0 saturated carbocycles. The molecule has 0 amide bonds. The molecule has 0 saturated heterocycles. The van der Waals surface area contributed by atoms with Gasteiger partial charge in [-0.1, -0.05) is 47.6 Å². The third-order valence-electron chi connectivity index (χ3n) is 4.09. The van der Waals surface area contributed by atoms with Gasteiger partial charge in [0.25, 0.3) is 0 Å². The van der Waals surface area contributed by atoms with E-state index in [1.54, 1.807) is 6.07 Å². The molecule has 0 bridgehead atoms. The molecule has 3 aromatic rings. The van der Waals surface area contributed by atoms with Crippen LogP contribution in [0.1, 0.15) is 17.9 Å². The maximum Gasteiger partial charge on any atom is 0.246 e. The maximum absolute atomic E-state index is 14.2. The fourth-order valence-corrected chi connectivity index (χ4v) is 3.03. The summed E-state index contributed by atoms with van der Waals surface area (Å²) in [4.78, 5) is 6.42. The summed E-state index contributed by atoms with van der Waals surface area (Å²) in [7, 11) is 0. The van der Waals surface area contributed by atoms with Crippen LogP contribution >= 0.6 is 0 Å². The Labute approximate surface area is 133 Å². The number of aromatic nitrogens is 2. The average molecular weight is 309 g/mol. The highest BCUT2D eigenvalue weighted by atomic mass is 19.1. The number of aryl methyl sites for hydroxylation is 1. The minimum absolute atomic E-state index is 0.190. The Hall–Kier alpha value is -2.69. The summed E-state index contributed by atoms with van der Waals surface area (Å²) in [6.45, 7) is 1.21. The fourth-order valence-electron chi connectivity index (χ4n) is 3.03. The van der Waals surface area contributed by atoms with Gasteiger partial charge in [-0.05, 0) is 24.5 Å². The highest BCUT2D eigenvalue weighted by Crippen LogP contribution is 2.31. The van der Waals surface area contributed by atoms with E-state index in [0.29, 0.717) is 23.9 Å². The number of halogens is 1. The van der Waals surface area contributed by atoms with Gasteiger partial charge in [0.2, 0.25) is 11.7 Å². The predicted octanol–water partition coefficient (Wildman–Crippen LogP) is 3.83. The van der Waals surface area contributed by atoms with E-state index < -0.39 is 0 Å². The second-order valence-electron chi connectivity index (χ2n) is 5.65. The molecule has 0 N–H and O–H groups in total. The maximum atomic E-state index is 14.2. The highest BCUT2D eigenvalue weighted by Gasteiger charge is 2.22. The van der Waals surface area contributed by atoms with E-state index in [1.165, 1.54) is 6.07 Å². The van der Waals surface area contributed by atoms with E-state index >= 15 is 0 Å². The Bertz CT molecular complexity index is 816. The quantitative estimate of drug-likeness (QED) is 0.737. The summed E-state index contributed by atoms with van der Waals surface area (Å²) in [5, 5.41) is 4.02. The van der Waals surface area contributed by atoms with Crippen LogP contribution in [-0.4, -0.2) is 16.7 Å². The van der Waals surface area contributed by atoms with E-state index in [1.807, 2.05) is 41.3 Å². The summed E-state index contributed by atoms with van der Waals surface area (Å²) >= 11 is 0. The zero-order valence-electron chi connectivity index (χ0n) is 12.6. The second kappa shape index (κ2) is 5.83. The van der Waals surface area contributed by atoms with Gasteiger partial charge < -0.3 is 9.42 Å². The normalized spacial score (nSPS) is 13.9. The first-order valence-electron chi connectivity index (χ1n) is 7.71. The van der Waals surface area contributed by atoms with Gasteiger partial charge in [0, 0.05) is 12.1 Å². The molecule has 1 aliphatic heterocycles. The van der Waals surface area contributed by atoms with Gasteiger partial charge in [0.15, 0.2) is 0 Å². The molecular formula is C18H16FN3O. The van der Waals surface area contributed by atoms with Crippen molar-refractivity contribution in [2.45, 2.75) is 19.4 Å². The lowest BCUT2D eigenvalue weighted by atomic mass is 10.0. The number of fused-ring (bicyclic) bond motifs is 1. The molecule has 1 aromatic heterocycles. The van der Waals surface area contributed by atoms with Crippen molar-refractivity contribution in [3.63, 3.8) is 0 Å². The van der Waals surface area contributed by atoms with Crippen LogP contribution in [0.4, 0.5) is 10.1 Å². The van der Waals surface area contributed by atoms with Crippen LogP contribution in [0, 0.1) is 5.82 Å². The first-order valence-corrected chi connectivity index (χ1v) is 7.71. The van der Waals surface area contributed by atoms with Gasteiger partial charge in [-0.2, -0.15) is 4.98 Å². The van der Waals surface area contributed by atoms with Gasteiger partial charge in [-0.15, -0.1) is 0 Å². The van der Waals surface area contributed by atoms with Gasteiger partial charge in [0.1, 0.15) is 5.82 Å². The Balaban J connectivity index is 1.60. The molecule has 5 heteroatoms. The monoisotopic (exact) mass is 309 g/mol. The molecule has 4 rings (SSSR count). The van der Waals surface area contributed by atoms with Crippen molar-refractivity contribution < 1.29 is 8.91 Å². The van der Waals surface area contributed by atoms with Crippen LogP contribution in [0.3, 0.4) is 0 Å². The summed E-state index contributed by atoms with van der Waals surface area (Å²) in [5.74, 6) is 0.872. The number of benzene rings is 2. The number of para-hydroxylation sites is 1. The van der Waals surface area contributed by atoms with Crippen LogP contribution in [0.2, 0.25) is 0 Å². The fraction of sp³-hybridized carbons (Fsp3) is 0.222. The van der Waals surface area contributed by atoms with E-state index in [9.17, 15) is 4.39 Å². The first kappa shape index (κ1) is 13.9. The number of hydrogen-bond acceptors (Lipinski definition) is 4. The molecule has 0 aliphatic carbocycles.